The lowest BCUT2D eigenvalue weighted by molar-refractivity contribution is -0.143. The van der Waals surface area contributed by atoms with E-state index in [1.54, 1.807) is 18.2 Å². The molecule has 1 unspecified atom stereocenters. The van der Waals surface area contributed by atoms with Crippen LogP contribution in [0.5, 0.6) is 0 Å². The molecule has 5 nitrogen and oxygen atoms in total. The van der Waals surface area contributed by atoms with Gasteiger partial charge in [0.1, 0.15) is 6.04 Å². The van der Waals surface area contributed by atoms with Crippen LogP contribution < -0.4 is 4.90 Å². The molecule has 0 bridgehead atoms. The van der Waals surface area contributed by atoms with Crippen LogP contribution >= 0.6 is 11.6 Å². The molecule has 0 fully saturated rings. The number of nitrogens with zero attached hydrogens (tertiary/aromatic N) is 1. The van der Waals surface area contributed by atoms with E-state index in [1.807, 2.05) is 13.8 Å². The van der Waals surface area contributed by atoms with E-state index in [2.05, 4.69) is 0 Å². The minimum Gasteiger partial charge on any atom is -0.467 e. The molecule has 21 heavy (non-hydrogen) atoms. The number of methoxy groups -OCH3 is 1. The maximum Gasteiger partial charge on any atom is 0.328 e. The zero-order valence-corrected chi connectivity index (χ0v) is 12.8. The lowest BCUT2D eigenvalue weighted by atomic mass is 10.0. The van der Waals surface area contributed by atoms with Gasteiger partial charge in [-0.1, -0.05) is 31.5 Å². The summed E-state index contributed by atoms with van der Waals surface area (Å²) in [5.74, 6) is -1.82. The molecule has 0 aromatic heterocycles. The van der Waals surface area contributed by atoms with E-state index in [1.165, 1.54) is 12.0 Å². The first-order valence-corrected chi connectivity index (χ1v) is 7.00. The van der Waals surface area contributed by atoms with Crippen molar-refractivity contribution in [1.82, 2.24) is 0 Å². The number of hydrogen-bond acceptors (Lipinski definition) is 4. The molecule has 6 heteroatoms. The highest BCUT2D eigenvalue weighted by atomic mass is 35.5. The minimum absolute atomic E-state index is 0.153. The minimum atomic E-state index is -0.828. The highest BCUT2D eigenvalue weighted by Crippen LogP contribution is 2.36. The summed E-state index contributed by atoms with van der Waals surface area (Å²) in [6.45, 7) is 3.86. The number of carbonyl (C=O) groups excluding carboxylic acids is 3. The molecule has 1 aromatic rings. The van der Waals surface area contributed by atoms with Gasteiger partial charge >= 0.3 is 5.97 Å². The predicted molar refractivity (Wildman–Crippen MR) is 78.5 cm³/mol. The quantitative estimate of drug-likeness (QED) is 0.633. The van der Waals surface area contributed by atoms with Crippen LogP contribution in [0.3, 0.4) is 0 Å². The van der Waals surface area contributed by atoms with Crippen LogP contribution in [0.4, 0.5) is 5.69 Å². The largest absolute Gasteiger partial charge is 0.467 e. The van der Waals surface area contributed by atoms with Crippen molar-refractivity contribution in [3.05, 3.63) is 28.8 Å². The van der Waals surface area contributed by atoms with Gasteiger partial charge in [0, 0.05) is 0 Å². The molecule has 0 radical (unpaired) electrons. The summed E-state index contributed by atoms with van der Waals surface area (Å²) in [4.78, 5) is 37.6. The van der Waals surface area contributed by atoms with Crippen LogP contribution in [0.1, 0.15) is 30.6 Å². The normalized spacial score (nSPS) is 15.4. The number of ketones is 1. The fourth-order valence-electron chi connectivity index (χ4n) is 2.46. The van der Waals surface area contributed by atoms with Gasteiger partial charge in [-0.05, 0) is 24.5 Å². The summed E-state index contributed by atoms with van der Waals surface area (Å²) in [5, 5.41) is 0.210. The predicted octanol–water partition coefficient (Wildman–Crippen LogP) is 2.46. The van der Waals surface area contributed by atoms with Crippen molar-refractivity contribution in [2.75, 3.05) is 12.0 Å². The molecule has 112 valence electrons. The van der Waals surface area contributed by atoms with Crippen molar-refractivity contribution in [2.45, 2.75) is 26.3 Å². The molecule has 1 aromatic carbocycles. The van der Waals surface area contributed by atoms with Crippen LogP contribution in [-0.4, -0.2) is 30.8 Å². The first kappa shape index (κ1) is 15.5. The van der Waals surface area contributed by atoms with Crippen LogP contribution in [-0.2, 0) is 14.3 Å². The third kappa shape index (κ3) is 2.65. The Morgan fingerprint density at radius 3 is 2.57 bits per heavy atom. The number of hydrogen-bond donors (Lipinski definition) is 0. The molecule has 1 heterocycles. The Morgan fingerprint density at radius 1 is 1.33 bits per heavy atom. The summed E-state index contributed by atoms with van der Waals surface area (Å²) in [5.41, 5.74) is 0.523. The van der Waals surface area contributed by atoms with Crippen molar-refractivity contribution in [2.24, 2.45) is 5.92 Å². The standard InChI is InChI=1S/C15H16ClNO4/c1-8(2)7-11(15(20)21-3)17-10-6-4-5-9(16)12(10)13(18)14(17)19/h4-6,8,11H,7H2,1-3H3. The molecule has 1 amide bonds. The summed E-state index contributed by atoms with van der Waals surface area (Å²) >= 11 is 6.00. The van der Waals surface area contributed by atoms with Crippen LogP contribution in [0.2, 0.25) is 5.02 Å². The van der Waals surface area contributed by atoms with Gasteiger partial charge in [-0.15, -0.1) is 0 Å². The Morgan fingerprint density at radius 2 is 2.00 bits per heavy atom. The Bertz CT molecular complexity index is 612. The fourth-order valence-corrected chi connectivity index (χ4v) is 2.72. The van der Waals surface area contributed by atoms with E-state index >= 15 is 0 Å². The van der Waals surface area contributed by atoms with Crippen molar-refractivity contribution >= 4 is 34.9 Å². The van der Waals surface area contributed by atoms with E-state index in [-0.39, 0.29) is 16.5 Å². The Labute approximate surface area is 127 Å². The van der Waals surface area contributed by atoms with Gasteiger partial charge in [-0.2, -0.15) is 0 Å². The number of amides is 1. The number of benzene rings is 1. The van der Waals surface area contributed by atoms with Gasteiger partial charge in [-0.25, -0.2) is 4.79 Å². The number of halogens is 1. The third-order valence-electron chi connectivity index (χ3n) is 3.37. The smallest absolute Gasteiger partial charge is 0.328 e. The number of anilines is 1. The Kier molecular flexibility index (Phi) is 4.32. The van der Waals surface area contributed by atoms with Crippen LogP contribution in [0.25, 0.3) is 0 Å². The summed E-state index contributed by atoms with van der Waals surface area (Å²) < 4.78 is 4.78. The summed E-state index contributed by atoms with van der Waals surface area (Å²) in [6, 6.07) is 3.97. The average Bonchev–Trinajstić information content (AvgIpc) is 2.69. The van der Waals surface area contributed by atoms with Crippen LogP contribution in [0.15, 0.2) is 18.2 Å². The average molecular weight is 310 g/mol. The van der Waals surface area contributed by atoms with Gasteiger partial charge in [0.25, 0.3) is 11.7 Å². The molecule has 1 aliphatic heterocycles. The highest BCUT2D eigenvalue weighted by molar-refractivity contribution is 6.55. The first-order valence-electron chi connectivity index (χ1n) is 6.62. The molecule has 0 N–H and O–H groups in total. The number of Topliss-reactive ketones (excluding diaryl/α,β-unsaturated/α-hetero) is 1. The molecule has 0 aliphatic carbocycles. The second-order valence-electron chi connectivity index (χ2n) is 5.31. The second kappa shape index (κ2) is 5.85. The van der Waals surface area contributed by atoms with Gasteiger partial charge in [0.15, 0.2) is 0 Å². The monoisotopic (exact) mass is 309 g/mol. The molecular formula is C15H16ClNO4. The summed E-state index contributed by atoms with van der Waals surface area (Å²) in [7, 11) is 1.26. The molecule has 1 aliphatic rings. The number of fused-ring (bicyclic) bond motifs is 1. The molecule has 0 spiro atoms. The zero-order valence-electron chi connectivity index (χ0n) is 12.1. The van der Waals surface area contributed by atoms with E-state index in [0.29, 0.717) is 12.1 Å². The van der Waals surface area contributed by atoms with Crippen molar-refractivity contribution in [1.29, 1.82) is 0 Å². The number of esters is 1. The number of ether oxygens (including phenoxy) is 1. The molecule has 2 rings (SSSR count). The topological polar surface area (TPSA) is 63.7 Å². The molecular weight excluding hydrogens is 294 g/mol. The third-order valence-corrected chi connectivity index (χ3v) is 3.69. The van der Waals surface area contributed by atoms with Gasteiger partial charge < -0.3 is 4.74 Å². The SMILES string of the molecule is COC(=O)C(CC(C)C)N1C(=O)C(=O)c2c(Cl)cccc21. The van der Waals surface area contributed by atoms with E-state index in [9.17, 15) is 14.4 Å². The number of rotatable bonds is 4. The highest BCUT2D eigenvalue weighted by Gasteiger charge is 2.44. The maximum absolute atomic E-state index is 12.3. The Balaban J connectivity index is 2.52. The number of carbonyl (C=O) groups is 3. The van der Waals surface area contributed by atoms with Crippen molar-refractivity contribution in [3.8, 4) is 0 Å². The van der Waals surface area contributed by atoms with Gasteiger partial charge in [-0.3, -0.25) is 14.5 Å². The van der Waals surface area contributed by atoms with Crippen molar-refractivity contribution < 1.29 is 19.1 Å². The zero-order chi connectivity index (χ0) is 15.7. The lowest BCUT2D eigenvalue weighted by Crippen LogP contribution is -2.45. The molecule has 0 saturated heterocycles. The van der Waals surface area contributed by atoms with Gasteiger partial charge in [0.05, 0.1) is 23.4 Å². The van der Waals surface area contributed by atoms with E-state index in [4.69, 9.17) is 16.3 Å². The maximum atomic E-state index is 12.3. The molecule has 1 atom stereocenters. The summed E-state index contributed by atoms with van der Waals surface area (Å²) in [6.07, 6.45) is 0.400. The Hall–Kier alpha value is -1.88. The fraction of sp³-hybridized carbons (Fsp3) is 0.400. The van der Waals surface area contributed by atoms with Crippen molar-refractivity contribution in [3.63, 3.8) is 0 Å². The van der Waals surface area contributed by atoms with Gasteiger partial charge in [0.2, 0.25) is 0 Å². The molecule has 0 saturated carbocycles. The van der Waals surface area contributed by atoms with E-state index < -0.39 is 23.7 Å². The first-order chi connectivity index (χ1) is 9.88. The lowest BCUT2D eigenvalue weighted by Gasteiger charge is -2.27. The van der Waals surface area contributed by atoms with Crippen LogP contribution in [0, 0.1) is 5.92 Å². The second-order valence-corrected chi connectivity index (χ2v) is 5.71. The van der Waals surface area contributed by atoms with E-state index in [0.717, 1.165) is 0 Å².